The van der Waals surface area contributed by atoms with Crippen molar-refractivity contribution in [1.29, 1.82) is 0 Å². The largest absolute Gasteiger partial charge is 0.489 e. The summed E-state index contributed by atoms with van der Waals surface area (Å²) in [4.78, 5) is 11.2. The lowest BCUT2D eigenvalue weighted by molar-refractivity contribution is -0.143. The van der Waals surface area contributed by atoms with Gasteiger partial charge in [0.25, 0.3) is 0 Å². The zero-order valence-electron chi connectivity index (χ0n) is 12.4. The van der Waals surface area contributed by atoms with E-state index in [0.717, 1.165) is 12.1 Å². The zero-order chi connectivity index (χ0) is 15.0. The van der Waals surface area contributed by atoms with Gasteiger partial charge in [0.2, 0.25) is 0 Å². The highest BCUT2D eigenvalue weighted by Gasteiger charge is 2.05. The molecule has 1 aromatic rings. The summed E-state index contributed by atoms with van der Waals surface area (Å²) in [5.74, 6) is 0.519. The van der Waals surface area contributed by atoms with Crippen LogP contribution in [0.2, 0.25) is 0 Å². The maximum atomic E-state index is 11.2. The second-order valence-electron chi connectivity index (χ2n) is 4.75. The van der Waals surface area contributed by atoms with Crippen molar-refractivity contribution >= 4 is 17.3 Å². The van der Waals surface area contributed by atoms with E-state index in [9.17, 15) is 4.79 Å². The van der Waals surface area contributed by atoms with Crippen LogP contribution >= 0.6 is 0 Å². The first-order chi connectivity index (χ1) is 9.52. The number of carbonyl (C=O) groups excluding carboxylic acids is 1. The second-order valence-corrected chi connectivity index (χ2v) is 4.75. The normalized spacial score (nSPS) is 10.4. The van der Waals surface area contributed by atoms with Crippen molar-refractivity contribution < 1.29 is 14.3 Å². The number of benzene rings is 1. The van der Waals surface area contributed by atoms with Gasteiger partial charge in [0.15, 0.2) is 0 Å². The number of nitrogen functional groups attached to an aromatic ring is 1. The van der Waals surface area contributed by atoms with Crippen molar-refractivity contribution in [2.24, 2.45) is 0 Å². The number of nitrogens with two attached hydrogens (primary N) is 1. The summed E-state index contributed by atoms with van der Waals surface area (Å²) < 4.78 is 10.5. The molecule has 0 heterocycles. The highest BCUT2D eigenvalue weighted by Crippen LogP contribution is 2.26. The molecule has 0 saturated heterocycles. The molecule has 0 bridgehead atoms. The number of rotatable bonds is 8. The van der Waals surface area contributed by atoms with Gasteiger partial charge in [-0.2, -0.15) is 0 Å². The standard InChI is InChI=1S/C15H24N2O3/c1-4-19-15(18)6-5-9-17-12-7-8-13(16)14(10-12)20-11(2)3/h7-8,10-11,17H,4-6,9,16H2,1-3H3. The summed E-state index contributed by atoms with van der Waals surface area (Å²) >= 11 is 0. The molecule has 0 unspecified atom stereocenters. The third kappa shape index (κ3) is 5.82. The van der Waals surface area contributed by atoms with Gasteiger partial charge in [0.05, 0.1) is 18.4 Å². The summed E-state index contributed by atoms with van der Waals surface area (Å²) in [7, 11) is 0. The molecule has 1 aromatic carbocycles. The van der Waals surface area contributed by atoms with E-state index in [1.54, 1.807) is 6.92 Å². The van der Waals surface area contributed by atoms with Gasteiger partial charge in [-0.15, -0.1) is 0 Å². The Kier molecular flexibility index (Phi) is 6.70. The molecule has 3 N–H and O–H groups in total. The first-order valence-corrected chi connectivity index (χ1v) is 6.98. The maximum absolute atomic E-state index is 11.2. The molecule has 0 amide bonds. The Hall–Kier alpha value is -1.91. The van der Waals surface area contributed by atoms with Crippen LogP contribution < -0.4 is 15.8 Å². The van der Waals surface area contributed by atoms with Crippen LogP contribution in [0.1, 0.15) is 33.6 Å². The number of esters is 1. The topological polar surface area (TPSA) is 73.6 Å². The summed E-state index contributed by atoms with van der Waals surface area (Å²) in [5.41, 5.74) is 7.40. The molecule has 0 saturated carbocycles. The molecule has 0 fully saturated rings. The number of hydrogen-bond acceptors (Lipinski definition) is 5. The average Bonchev–Trinajstić information content (AvgIpc) is 2.38. The van der Waals surface area contributed by atoms with E-state index in [1.165, 1.54) is 0 Å². The SMILES string of the molecule is CCOC(=O)CCCNc1ccc(N)c(OC(C)C)c1. The highest BCUT2D eigenvalue weighted by atomic mass is 16.5. The number of ether oxygens (including phenoxy) is 2. The van der Waals surface area contributed by atoms with Gasteiger partial charge in [-0.05, 0) is 39.3 Å². The molecule has 0 atom stereocenters. The first-order valence-electron chi connectivity index (χ1n) is 6.98. The monoisotopic (exact) mass is 280 g/mol. The molecule has 0 spiro atoms. The molecule has 5 heteroatoms. The van der Waals surface area contributed by atoms with Crippen molar-refractivity contribution in [3.05, 3.63) is 18.2 Å². The van der Waals surface area contributed by atoms with Crippen LogP contribution in [0.15, 0.2) is 18.2 Å². The van der Waals surface area contributed by atoms with Gasteiger partial charge in [-0.3, -0.25) is 4.79 Å². The Morgan fingerprint density at radius 3 is 2.80 bits per heavy atom. The smallest absolute Gasteiger partial charge is 0.305 e. The van der Waals surface area contributed by atoms with Gasteiger partial charge >= 0.3 is 5.97 Å². The van der Waals surface area contributed by atoms with Crippen molar-refractivity contribution in [2.75, 3.05) is 24.2 Å². The van der Waals surface area contributed by atoms with E-state index in [0.29, 0.717) is 31.0 Å². The third-order valence-electron chi connectivity index (χ3n) is 2.57. The molecule has 0 radical (unpaired) electrons. The fourth-order valence-electron chi connectivity index (χ4n) is 1.70. The van der Waals surface area contributed by atoms with Gasteiger partial charge in [0, 0.05) is 24.7 Å². The summed E-state index contributed by atoms with van der Waals surface area (Å²) in [6, 6.07) is 5.58. The number of carbonyl (C=O) groups is 1. The summed E-state index contributed by atoms with van der Waals surface area (Å²) in [6.45, 7) is 6.85. The minimum atomic E-state index is -0.157. The van der Waals surface area contributed by atoms with Crippen molar-refractivity contribution in [2.45, 2.75) is 39.7 Å². The molecular weight excluding hydrogens is 256 g/mol. The van der Waals surface area contributed by atoms with E-state index in [1.807, 2.05) is 32.0 Å². The van der Waals surface area contributed by atoms with E-state index in [2.05, 4.69) is 5.32 Å². The minimum absolute atomic E-state index is 0.0800. The first kappa shape index (κ1) is 16.1. The van der Waals surface area contributed by atoms with Crippen LogP contribution in [0, 0.1) is 0 Å². The van der Waals surface area contributed by atoms with Crippen LogP contribution in [-0.4, -0.2) is 25.2 Å². The second kappa shape index (κ2) is 8.30. The van der Waals surface area contributed by atoms with E-state index in [4.69, 9.17) is 15.2 Å². The number of anilines is 2. The van der Waals surface area contributed by atoms with Gasteiger partial charge in [-0.1, -0.05) is 0 Å². The van der Waals surface area contributed by atoms with Gasteiger partial charge < -0.3 is 20.5 Å². The van der Waals surface area contributed by atoms with Crippen LogP contribution in [0.25, 0.3) is 0 Å². The molecule has 0 aliphatic heterocycles. The predicted octanol–water partition coefficient (Wildman–Crippen LogP) is 2.81. The lowest BCUT2D eigenvalue weighted by Gasteiger charge is -2.14. The molecule has 0 aliphatic rings. The Balaban J connectivity index is 2.42. The van der Waals surface area contributed by atoms with Crippen LogP contribution in [0.5, 0.6) is 5.75 Å². The Morgan fingerprint density at radius 2 is 2.15 bits per heavy atom. The average molecular weight is 280 g/mol. The predicted molar refractivity (Wildman–Crippen MR) is 81.0 cm³/mol. The van der Waals surface area contributed by atoms with Crippen molar-refractivity contribution in [3.63, 3.8) is 0 Å². The molecule has 112 valence electrons. The van der Waals surface area contributed by atoms with Crippen LogP contribution in [0.3, 0.4) is 0 Å². The number of hydrogen-bond donors (Lipinski definition) is 2. The molecule has 0 aromatic heterocycles. The fraction of sp³-hybridized carbons (Fsp3) is 0.533. The molecule has 5 nitrogen and oxygen atoms in total. The lowest BCUT2D eigenvalue weighted by atomic mass is 10.2. The molecule has 1 rings (SSSR count). The Labute approximate surface area is 120 Å². The van der Waals surface area contributed by atoms with E-state index >= 15 is 0 Å². The van der Waals surface area contributed by atoms with Crippen molar-refractivity contribution in [1.82, 2.24) is 0 Å². The maximum Gasteiger partial charge on any atom is 0.305 e. The summed E-state index contributed by atoms with van der Waals surface area (Å²) in [6.07, 6.45) is 1.23. The Morgan fingerprint density at radius 1 is 1.40 bits per heavy atom. The third-order valence-corrected chi connectivity index (χ3v) is 2.57. The lowest BCUT2D eigenvalue weighted by Crippen LogP contribution is -2.10. The number of nitrogens with one attached hydrogen (secondary N) is 1. The van der Waals surface area contributed by atoms with Crippen LogP contribution in [-0.2, 0) is 9.53 Å². The summed E-state index contributed by atoms with van der Waals surface area (Å²) in [5, 5.41) is 3.24. The van der Waals surface area contributed by atoms with Gasteiger partial charge in [0.1, 0.15) is 5.75 Å². The highest BCUT2D eigenvalue weighted by molar-refractivity contribution is 5.69. The minimum Gasteiger partial charge on any atom is -0.489 e. The van der Waals surface area contributed by atoms with Crippen molar-refractivity contribution in [3.8, 4) is 5.75 Å². The fourth-order valence-corrected chi connectivity index (χ4v) is 1.70. The molecular formula is C15H24N2O3. The van der Waals surface area contributed by atoms with E-state index < -0.39 is 0 Å². The molecule has 20 heavy (non-hydrogen) atoms. The van der Waals surface area contributed by atoms with Crippen LogP contribution in [0.4, 0.5) is 11.4 Å². The van der Waals surface area contributed by atoms with Gasteiger partial charge in [-0.25, -0.2) is 0 Å². The van der Waals surface area contributed by atoms with E-state index in [-0.39, 0.29) is 12.1 Å². The Bertz CT molecular complexity index is 433. The zero-order valence-corrected chi connectivity index (χ0v) is 12.4. The molecule has 0 aliphatic carbocycles. The quantitative estimate of drug-likeness (QED) is 0.435.